The fourth-order valence-electron chi connectivity index (χ4n) is 2.61. The smallest absolute Gasteiger partial charge is 0.325 e. The van der Waals surface area contributed by atoms with Crippen LogP contribution in [-0.2, 0) is 4.79 Å². The SMILES string of the molecule is CCNC1(C(=O)O)CCCNC1CC(C)C. The first-order valence-electron chi connectivity index (χ1n) is 6.24. The number of carbonyl (C=O) groups is 1. The lowest BCUT2D eigenvalue weighted by molar-refractivity contribution is -0.147. The Bertz CT molecular complexity index is 239. The second-order valence-electron chi connectivity index (χ2n) is 5.05. The highest BCUT2D eigenvalue weighted by Crippen LogP contribution is 2.26. The summed E-state index contributed by atoms with van der Waals surface area (Å²) in [5, 5.41) is 16.1. The van der Waals surface area contributed by atoms with Crippen molar-refractivity contribution in [3.8, 4) is 0 Å². The molecule has 1 saturated heterocycles. The van der Waals surface area contributed by atoms with Gasteiger partial charge in [0.15, 0.2) is 0 Å². The van der Waals surface area contributed by atoms with E-state index in [0.29, 0.717) is 12.5 Å². The Balaban J connectivity index is 2.85. The maximum Gasteiger partial charge on any atom is 0.325 e. The first kappa shape index (κ1) is 13.5. The number of hydrogen-bond donors (Lipinski definition) is 3. The summed E-state index contributed by atoms with van der Waals surface area (Å²) >= 11 is 0. The highest BCUT2D eigenvalue weighted by atomic mass is 16.4. The Hall–Kier alpha value is -0.610. The van der Waals surface area contributed by atoms with E-state index in [1.54, 1.807) is 0 Å². The van der Waals surface area contributed by atoms with E-state index >= 15 is 0 Å². The molecule has 0 amide bonds. The molecule has 3 N–H and O–H groups in total. The molecule has 4 nitrogen and oxygen atoms in total. The predicted octanol–water partition coefficient (Wildman–Crippen LogP) is 1.22. The number of nitrogens with one attached hydrogen (secondary N) is 2. The van der Waals surface area contributed by atoms with Crippen molar-refractivity contribution in [3.05, 3.63) is 0 Å². The third kappa shape index (κ3) is 2.74. The molecule has 16 heavy (non-hydrogen) atoms. The lowest BCUT2D eigenvalue weighted by atomic mass is 9.78. The summed E-state index contributed by atoms with van der Waals surface area (Å²) in [4.78, 5) is 11.6. The van der Waals surface area contributed by atoms with Crippen LogP contribution >= 0.6 is 0 Å². The van der Waals surface area contributed by atoms with E-state index in [1.165, 1.54) is 0 Å². The highest BCUT2D eigenvalue weighted by Gasteiger charge is 2.46. The van der Waals surface area contributed by atoms with E-state index in [9.17, 15) is 9.90 Å². The Morgan fingerprint density at radius 3 is 2.81 bits per heavy atom. The van der Waals surface area contributed by atoms with Crippen molar-refractivity contribution in [2.45, 2.75) is 51.6 Å². The van der Waals surface area contributed by atoms with Crippen molar-refractivity contribution in [2.75, 3.05) is 13.1 Å². The summed E-state index contributed by atoms with van der Waals surface area (Å²) in [5.41, 5.74) is -0.767. The number of rotatable bonds is 5. The normalized spacial score (nSPS) is 30.6. The lowest BCUT2D eigenvalue weighted by Gasteiger charge is -2.42. The molecule has 94 valence electrons. The predicted molar refractivity (Wildman–Crippen MR) is 64.5 cm³/mol. The van der Waals surface area contributed by atoms with Crippen LogP contribution in [0.1, 0.15) is 40.0 Å². The zero-order valence-corrected chi connectivity index (χ0v) is 10.5. The van der Waals surface area contributed by atoms with Crippen molar-refractivity contribution >= 4 is 5.97 Å². The van der Waals surface area contributed by atoms with Crippen LogP contribution in [-0.4, -0.2) is 35.7 Å². The van der Waals surface area contributed by atoms with Gasteiger partial charge in [-0.2, -0.15) is 0 Å². The van der Waals surface area contributed by atoms with Crippen molar-refractivity contribution in [3.63, 3.8) is 0 Å². The molecule has 0 aromatic rings. The minimum Gasteiger partial charge on any atom is -0.480 e. The molecule has 1 fully saturated rings. The molecule has 0 aromatic heterocycles. The zero-order chi connectivity index (χ0) is 12.2. The van der Waals surface area contributed by atoms with Crippen molar-refractivity contribution in [1.29, 1.82) is 0 Å². The molecule has 2 atom stereocenters. The first-order chi connectivity index (χ1) is 7.53. The molecule has 0 radical (unpaired) electrons. The van der Waals surface area contributed by atoms with Gasteiger partial charge in [0.05, 0.1) is 0 Å². The number of hydrogen-bond acceptors (Lipinski definition) is 3. The second kappa shape index (κ2) is 5.64. The van der Waals surface area contributed by atoms with Crippen LogP contribution in [0, 0.1) is 5.92 Å². The summed E-state index contributed by atoms with van der Waals surface area (Å²) in [6, 6.07) is 0.0405. The van der Waals surface area contributed by atoms with Crippen molar-refractivity contribution < 1.29 is 9.90 Å². The van der Waals surface area contributed by atoms with Crippen LogP contribution in [0.4, 0.5) is 0 Å². The fourth-order valence-corrected chi connectivity index (χ4v) is 2.61. The van der Waals surface area contributed by atoms with E-state index in [0.717, 1.165) is 25.8 Å². The first-order valence-corrected chi connectivity index (χ1v) is 6.24. The molecule has 0 aliphatic carbocycles. The van der Waals surface area contributed by atoms with Gasteiger partial charge in [0.1, 0.15) is 5.54 Å². The van der Waals surface area contributed by atoms with Gasteiger partial charge in [-0.25, -0.2) is 0 Å². The average Bonchev–Trinajstić information content (AvgIpc) is 2.20. The Kier molecular flexibility index (Phi) is 4.74. The maximum atomic E-state index is 11.6. The number of likely N-dealkylation sites (N-methyl/N-ethyl adjacent to an activating group) is 1. The molecular formula is C12H24N2O2. The average molecular weight is 228 g/mol. The van der Waals surface area contributed by atoms with Gasteiger partial charge in [0, 0.05) is 6.04 Å². The van der Waals surface area contributed by atoms with Crippen LogP contribution in [0.2, 0.25) is 0 Å². The third-order valence-corrected chi connectivity index (χ3v) is 3.31. The van der Waals surface area contributed by atoms with Gasteiger partial charge in [-0.3, -0.25) is 4.79 Å². The molecule has 1 aliphatic heterocycles. The summed E-state index contributed by atoms with van der Waals surface area (Å²) in [7, 11) is 0. The summed E-state index contributed by atoms with van der Waals surface area (Å²) in [6.45, 7) is 7.86. The Labute approximate surface area is 97.8 Å². The van der Waals surface area contributed by atoms with Crippen molar-refractivity contribution in [1.82, 2.24) is 10.6 Å². The highest BCUT2D eigenvalue weighted by molar-refractivity contribution is 5.80. The minimum absolute atomic E-state index is 0.0405. The molecule has 2 unspecified atom stereocenters. The van der Waals surface area contributed by atoms with Gasteiger partial charge in [-0.05, 0) is 38.3 Å². The Morgan fingerprint density at radius 1 is 1.62 bits per heavy atom. The van der Waals surface area contributed by atoms with E-state index < -0.39 is 11.5 Å². The molecule has 1 rings (SSSR count). The minimum atomic E-state index is -0.767. The van der Waals surface area contributed by atoms with E-state index in [4.69, 9.17) is 0 Å². The topological polar surface area (TPSA) is 61.4 Å². The quantitative estimate of drug-likeness (QED) is 0.662. The van der Waals surface area contributed by atoms with Gasteiger partial charge in [0.25, 0.3) is 0 Å². The molecule has 0 bridgehead atoms. The van der Waals surface area contributed by atoms with Gasteiger partial charge < -0.3 is 15.7 Å². The summed E-state index contributed by atoms with van der Waals surface area (Å²) in [5.74, 6) is -0.208. The summed E-state index contributed by atoms with van der Waals surface area (Å²) in [6.07, 6.45) is 2.55. The maximum absolute atomic E-state index is 11.6. The lowest BCUT2D eigenvalue weighted by Crippen LogP contribution is -2.67. The Morgan fingerprint density at radius 2 is 2.31 bits per heavy atom. The van der Waals surface area contributed by atoms with Crippen molar-refractivity contribution in [2.24, 2.45) is 5.92 Å². The van der Waals surface area contributed by atoms with Gasteiger partial charge in [-0.1, -0.05) is 20.8 Å². The van der Waals surface area contributed by atoms with Crippen LogP contribution in [0.5, 0.6) is 0 Å². The standard InChI is InChI=1S/C12H24N2O2/c1-4-14-12(11(15)16)6-5-7-13-10(12)8-9(2)3/h9-10,13-14H,4-8H2,1-3H3,(H,15,16). The van der Waals surface area contributed by atoms with Crippen LogP contribution in [0.25, 0.3) is 0 Å². The molecule has 4 heteroatoms. The van der Waals surface area contributed by atoms with E-state index in [-0.39, 0.29) is 6.04 Å². The largest absolute Gasteiger partial charge is 0.480 e. The monoisotopic (exact) mass is 228 g/mol. The fraction of sp³-hybridized carbons (Fsp3) is 0.917. The third-order valence-electron chi connectivity index (χ3n) is 3.31. The number of carboxylic acids is 1. The number of piperidine rings is 1. The molecule has 1 heterocycles. The van der Waals surface area contributed by atoms with Crippen LogP contribution in [0.15, 0.2) is 0 Å². The van der Waals surface area contributed by atoms with E-state index in [1.807, 2.05) is 6.92 Å². The number of aliphatic carboxylic acids is 1. The molecule has 0 saturated carbocycles. The zero-order valence-electron chi connectivity index (χ0n) is 10.5. The van der Waals surface area contributed by atoms with Gasteiger partial charge in [-0.15, -0.1) is 0 Å². The van der Waals surface area contributed by atoms with Gasteiger partial charge in [0.2, 0.25) is 0 Å². The van der Waals surface area contributed by atoms with Crippen LogP contribution < -0.4 is 10.6 Å². The van der Waals surface area contributed by atoms with Crippen LogP contribution in [0.3, 0.4) is 0 Å². The molecule has 1 aliphatic rings. The summed E-state index contributed by atoms with van der Waals surface area (Å²) < 4.78 is 0. The van der Waals surface area contributed by atoms with Gasteiger partial charge >= 0.3 is 5.97 Å². The van der Waals surface area contributed by atoms with E-state index in [2.05, 4.69) is 24.5 Å². The molecular weight excluding hydrogens is 204 g/mol. The second-order valence-corrected chi connectivity index (χ2v) is 5.05. The molecule has 0 aromatic carbocycles. The molecule has 0 spiro atoms. The number of carboxylic acid groups (broad SMARTS) is 1.